The van der Waals surface area contributed by atoms with Gasteiger partial charge in [-0.2, -0.15) is 0 Å². The van der Waals surface area contributed by atoms with Crippen LogP contribution < -0.4 is 10.6 Å². The molecule has 7 heteroatoms. The molecule has 0 bridgehead atoms. The molecule has 1 aliphatic rings. The average molecular weight is 454 g/mol. The number of amides is 1. The molecule has 0 aromatic carbocycles. The molecule has 4 rings (SSSR count). The maximum atomic E-state index is 13.7. The number of carbonyl (C=O) groups is 1. The van der Waals surface area contributed by atoms with Gasteiger partial charge in [-0.1, -0.05) is 20.3 Å². The predicted molar refractivity (Wildman–Crippen MR) is 131 cm³/mol. The number of imidazole rings is 1. The van der Waals surface area contributed by atoms with Crippen LogP contribution in [0.1, 0.15) is 74.4 Å². The molecule has 1 fully saturated rings. The van der Waals surface area contributed by atoms with Crippen molar-refractivity contribution in [2.45, 2.75) is 72.1 Å². The number of rotatable bonds is 6. The molecular formula is C26H36FN5O. The first-order valence-corrected chi connectivity index (χ1v) is 12.0. The second-order valence-corrected chi connectivity index (χ2v) is 8.72. The van der Waals surface area contributed by atoms with Crippen LogP contribution in [0.25, 0.3) is 5.65 Å². The molecule has 6 nitrogen and oxygen atoms in total. The van der Waals surface area contributed by atoms with Crippen LogP contribution in [0.3, 0.4) is 0 Å². The van der Waals surface area contributed by atoms with Crippen molar-refractivity contribution in [3.05, 3.63) is 59.1 Å². The smallest absolute Gasteiger partial charge is 0.224 e. The average Bonchev–Trinajstić information content (AvgIpc) is 3.15. The number of anilines is 1. The summed E-state index contributed by atoms with van der Waals surface area (Å²) < 4.78 is 15.4. The Morgan fingerprint density at radius 2 is 1.97 bits per heavy atom. The highest BCUT2D eigenvalue weighted by Crippen LogP contribution is 2.29. The Labute approximate surface area is 196 Å². The van der Waals surface area contributed by atoms with Crippen LogP contribution in [0, 0.1) is 19.7 Å². The number of hydrogen-bond donors (Lipinski definition) is 2. The highest BCUT2D eigenvalue weighted by Gasteiger charge is 2.19. The molecule has 3 aromatic heterocycles. The summed E-state index contributed by atoms with van der Waals surface area (Å²) in [4.78, 5) is 20.0. The molecule has 0 aliphatic carbocycles. The lowest BCUT2D eigenvalue weighted by Gasteiger charge is -2.25. The van der Waals surface area contributed by atoms with Crippen LogP contribution in [0.5, 0.6) is 0 Å². The molecule has 178 valence electrons. The molecule has 1 amide bonds. The highest BCUT2D eigenvalue weighted by molar-refractivity contribution is 5.90. The van der Waals surface area contributed by atoms with Gasteiger partial charge in [-0.3, -0.25) is 9.78 Å². The van der Waals surface area contributed by atoms with Gasteiger partial charge in [-0.05, 0) is 75.7 Å². The van der Waals surface area contributed by atoms with E-state index in [0.29, 0.717) is 12.1 Å². The Balaban J connectivity index is 0.000000186. The Morgan fingerprint density at radius 1 is 1.21 bits per heavy atom. The van der Waals surface area contributed by atoms with E-state index in [1.165, 1.54) is 49.2 Å². The summed E-state index contributed by atoms with van der Waals surface area (Å²) >= 11 is 0. The van der Waals surface area contributed by atoms with Crippen LogP contribution in [0.4, 0.5) is 10.1 Å². The fourth-order valence-corrected chi connectivity index (χ4v) is 4.38. The predicted octanol–water partition coefficient (Wildman–Crippen LogP) is 5.33. The van der Waals surface area contributed by atoms with E-state index in [2.05, 4.69) is 40.5 Å². The van der Waals surface area contributed by atoms with E-state index in [4.69, 9.17) is 0 Å². The largest absolute Gasteiger partial charge is 0.322 e. The number of piperidine rings is 1. The van der Waals surface area contributed by atoms with Gasteiger partial charge in [0, 0.05) is 36.8 Å². The third-order valence-electron chi connectivity index (χ3n) is 6.00. The van der Waals surface area contributed by atoms with E-state index < -0.39 is 5.82 Å². The van der Waals surface area contributed by atoms with Gasteiger partial charge in [0.15, 0.2) is 5.82 Å². The van der Waals surface area contributed by atoms with Crippen LogP contribution in [0.2, 0.25) is 0 Å². The molecule has 33 heavy (non-hydrogen) atoms. The monoisotopic (exact) mass is 453 g/mol. The van der Waals surface area contributed by atoms with E-state index >= 15 is 0 Å². The Bertz CT molecular complexity index is 1070. The summed E-state index contributed by atoms with van der Waals surface area (Å²) in [6, 6.07) is 3.56. The molecule has 1 aliphatic heterocycles. The third kappa shape index (κ3) is 6.60. The zero-order chi connectivity index (χ0) is 23.8. The van der Waals surface area contributed by atoms with E-state index in [0.717, 1.165) is 31.1 Å². The molecule has 0 unspecified atom stereocenters. The summed E-state index contributed by atoms with van der Waals surface area (Å²) in [7, 11) is 0. The summed E-state index contributed by atoms with van der Waals surface area (Å²) in [5.74, 6) is 0.111. The number of fused-ring (bicyclic) bond motifs is 1. The van der Waals surface area contributed by atoms with Crippen molar-refractivity contribution in [2.24, 2.45) is 0 Å². The molecule has 0 atom stereocenters. The topological polar surface area (TPSA) is 71.3 Å². The second kappa shape index (κ2) is 11.9. The number of halogens is 1. The van der Waals surface area contributed by atoms with Crippen molar-refractivity contribution < 1.29 is 9.18 Å². The zero-order valence-corrected chi connectivity index (χ0v) is 20.2. The van der Waals surface area contributed by atoms with Crippen LogP contribution >= 0.6 is 0 Å². The third-order valence-corrected chi connectivity index (χ3v) is 6.00. The first-order valence-electron chi connectivity index (χ1n) is 12.0. The van der Waals surface area contributed by atoms with Crippen molar-refractivity contribution in [2.75, 3.05) is 18.4 Å². The summed E-state index contributed by atoms with van der Waals surface area (Å²) in [5.41, 5.74) is 5.84. The fraction of sp³-hybridized carbons (Fsp3) is 0.500. The van der Waals surface area contributed by atoms with E-state index in [1.54, 1.807) is 16.2 Å². The lowest BCUT2D eigenvalue weighted by atomic mass is 9.86. The fourth-order valence-electron chi connectivity index (χ4n) is 4.38. The van der Waals surface area contributed by atoms with Crippen molar-refractivity contribution >= 4 is 17.2 Å². The lowest BCUT2D eigenvalue weighted by molar-refractivity contribution is -0.116. The van der Waals surface area contributed by atoms with Gasteiger partial charge >= 0.3 is 0 Å². The van der Waals surface area contributed by atoms with Crippen molar-refractivity contribution in [3.8, 4) is 0 Å². The molecule has 3 aromatic rings. The summed E-state index contributed by atoms with van der Waals surface area (Å²) in [6.45, 7) is 10.5. The second-order valence-electron chi connectivity index (χ2n) is 8.72. The Kier molecular flexibility index (Phi) is 8.95. The van der Waals surface area contributed by atoms with Crippen molar-refractivity contribution in [3.63, 3.8) is 0 Å². The number of aryl methyl sites for hydroxylation is 2. The van der Waals surface area contributed by atoms with Gasteiger partial charge in [0.05, 0.1) is 11.4 Å². The summed E-state index contributed by atoms with van der Waals surface area (Å²) in [5, 5.41) is 5.98. The number of nitrogens with zero attached hydrogens (tertiary/aromatic N) is 3. The molecule has 0 saturated carbocycles. The van der Waals surface area contributed by atoms with E-state index in [9.17, 15) is 9.18 Å². The lowest BCUT2D eigenvalue weighted by Crippen LogP contribution is -2.27. The SMILES string of the molecule is CCCC(=O)Nc1cn2cc(C)nc2cc1F.CCCc1c(C2CCNCC2)ccnc1C. The van der Waals surface area contributed by atoms with Crippen LogP contribution in [-0.2, 0) is 11.2 Å². The number of aromatic nitrogens is 3. The minimum atomic E-state index is -0.465. The molecular weight excluding hydrogens is 417 g/mol. The first-order chi connectivity index (χ1) is 15.9. The zero-order valence-electron chi connectivity index (χ0n) is 20.2. The molecule has 0 radical (unpaired) electrons. The number of pyridine rings is 2. The molecule has 4 heterocycles. The Morgan fingerprint density at radius 3 is 2.67 bits per heavy atom. The summed E-state index contributed by atoms with van der Waals surface area (Å²) in [6.07, 6.45) is 11.4. The van der Waals surface area contributed by atoms with Gasteiger partial charge < -0.3 is 15.0 Å². The maximum Gasteiger partial charge on any atom is 0.224 e. The molecule has 2 N–H and O–H groups in total. The molecule has 0 spiro atoms. The quantitative estimate of drug-likeness (QED) is 0.529. The van der Waals surface area contributed by atoms with Gasteiger partial charge in [0.25, 0.3) is 0 Å². The minimum absolute atomic E-state index is 0.178. The van der Waals surface area contributed by atoms with Gasteiger partial charge in [0.2, 0.25) is 5.91 Å². The van der Waals surface area contributed by atoms with E-state index in [-0.39, 0.29) is 11.6 Å². The number of nitrogens with one attached hydrogen (secondary N) is 2. The number of carbonyl (C=O) groups excluding carboxylic acids is 1. The van der Waals surface area contributed by atoms with Gasteiger partial charge in [0.1, 0.15) is 5.65 Å². The van der Waals surface area contributed by atoms with Gasteiger partial charge in [-0.15, -0.1) is 0 Å². The van der Waals surface area contributed by atoms with Crippen molar-refractivity contribution in [1.29, 1.82) is 0 Å². The Hall–Kier alpha value is -2.80. The van der Waals surface area contributed by atoms with Crippen molar-refractivity contribution in [1.82, 2.24) is 19.7 Å². The highest BCUT2D eigenvalue weighted by atomic mass is 19.1. The van der Waals surface area contributed by atoms with E-state index in [1.807, 2.05) is 20.0 Å². The number of hydrogen-bond acceptors (Lipinski definition) is 4. The van der Waals surface area contributed by atoms with Crippen LogP contribution in [-0.4, -0.2) is 33.4 Å². The standard InChI is InChI=1S/C14H22N2.C12H14FN3O/c1-3-4-13-11(2)16-10-7-14(13)12-5-8-15-9-6-12;1-3-4-12(17)15-10-7-16-6-8(2)14-11(16)5-9(10)13/h7,10,12,15H,3-6,8-9H2,1-2H3;5-7H,3-4H2,1-2H3,(H,15,17). The minimum Gasteiger partial charge on any atom is -0.322 e. The maximum absolute atomic E-state index is 13.7. The normalized spacial score (nSPS) is 14.1. The molecule has 1 saturated heterocycles. The first kappa shape index (κ1) is 24.8. The van der Waals surface area contributed by atoms with Crippen LogP contribution in [0.15, 0.2) is 30.7 Å². The van der Waals surface area contributed by atoms with Gasteiger partial charge in [-0.25, -0.2) is 9.37 Å².